The zero-order chi connectivity index (χ0) is 34.5. The predicted molar refractivity (Wildman–Crippen MR) is 198 cm³/mol. The summed E-state index contributed by atoms with van der Waals surface area (Å²) in [7, 11) is 0. The van der Waals surface area contributed by atoms with E-state index in [0.717, 1.165) is 26.4 Å². The molecule has 0 atom stereocenters. The van der Waals surface area contributed by atoms with Gasteiger partial charge in [0.15, 0.2) is 0 Å². The Kier molecular flexibility index (Phi) is 27.6. The van der Waals surface area contributed by atoms with Gasteiger partial charge in [-0.25, -0.2) is 0 Å². The molecule has 48 heavy (non-hydrogen) atoms. The van der Waals surface area contributed by atoms with Gasteiger partial charge in [0.05, 0.1) is 0 Å². The monoisotopic (exact) mass is 730 g/mol. The first-order chi connectivity index (χ1) is 21.7. The van der Waals surface area contributed by atoms with E-state index in [1.165, 1.54) is 92.4 Å². The van der Waals surface area contributed by atoms with Gasteiger partial charge >= 0.3 is 34.1 Å². The minimum atomic E-state index is 0. The normalized spacial score (nSPS) is 12.2. The Bertz CT molecular complexity index is 995. The molecule has 0 bridgehead atoms. The number of ether oxygens (including phenoxy) is 2. The average Bonchev–Trinajstić information content (AvgIpc) is 3.67. The quantitative estimate of drug-likeness (QED) is 0.132. The Morgan fingerprint density at radius 3 is 0.542 bits per heavy atom. The molecule has 2 aliphatic rings. The first kappa shape index (κ1) is 48.0. The summed E-state index contributed by atoms with van der Waals surface area (Å²) in [5, 5.41) is 0. The topological polar surface area (TPSA) is 18.5 Å². The minimum Gasteiger partial charge on any atom is -0.381 e. The first-order valence-electron chi connectivity index (χ1n) is 16.8. The van der Waals surface area contributed by atoms with Crippen LogP contribution in [0.3, 0.4) is 0 Å². The van der Waals surface area contributed by atoms with Crippen LogP contribution < -0.4 is 0 Å². The molecule has 0 aromatic heterocycles. The van der Waals surface area contributed by atoms with Crippen molar-refractivity contribution in [1.29, 1.82) is 0 Å². The largest absolute Gasteiger partial charge is 2.00 e. The van der Waals surface area contributed by atoms with Gasteiger partial charge < -0.3 is 9.47 Å². The van der Waals surface area contributed by atoms with E-state index in [4.69, 9.17) is 9.47 Å². The summed E-state index contributed by atoms with van der Waals surface area (Å²) >= 11 is 0. The fourth-order valence-electron chi connectivity index (χ4n) is 5.45. The van der Waals surface area contributed by atoms with Crippen LogP contribution in [0, 0.1) is 107 Å². The Labute approximate surface area is 316 Å². The summed E-state index contributed by atoms with van der Waals surface area (Å²) in [6.45, 7) is 29.0. The molecule has 262 valence electrons. The number of hydrogen-bond donors (Lipinski definition) is 0. The molecule has 0 N–H and O–H groups in total. The number of rotatable bonds is 0. The van der Waals surface area contributed by atoms with Crippen LogP contribution in [0.5, 0.6) is 0 Å². The molecule has 0 spiro atoms. The molecule has 2 heterocycles. The van der Waals surface area contributed by atoms with Gasteiger partial charge in [0.1, 0.15) is 0 Å². The van der Waals surface area contributed by atoms with Crippen molar-refractivity contribution < 1.29 is 43.6 Å². The van der Waals surface area contributed by atoms with Crippen molar-refractivity contribution in [3.63, 3.8) is 0 Å². The molecule has 0 aliphatic carbocycles. The summed E-state index contributed by atoms with van der Waals surface area (Å²) in [6.07, 6.45) is 5.11. The second-order valence-corrected chi connectivity index (χ2v) is 12.7. The Balaban J connectivity index is 0. The van der Waals surface area contributed by atoms with Crippen molar-refractivity contribution in [2.24, 2.45) is 0 Å². The smallest absolute Gasteiger partial charge is 0.381 e. The second-order valence-electron chi connectivity index (χ2n) is 12.7. The van der Waals surface area contributed by atoms with Gasteiger partial charge in [-0.2, -0.15) is 140 Å². The van der Waals surface area contributed by atoms with Gasteiger partial charge in [0.25, 0.3) is 0 Å². The third-order valence-electron chi connectivity index (χ3n) is 6.79. The van der Waals surface area contributed by atoms with Gasteiger partial charge in [0.2, 0.25) is 0 Å². The second kappa shape index (κ2) is 27.6. The van der Waals surface area contributed by atoms with E-state index in [-0.39, 0.29) is 34.1 Å². The van der Waals surface area contributed by atoms with Crippen molar-refractivity contribution >= 4 is 0 Å². The fraction of sp³-hybridized carbons (Fsp3) is 0.455. The summed E-state index contributed by atoms with van der Waals surface area (Å²) in [5.74, 6) is 0. The molecular weight excluding hydrogens is 670 g/mol. The maximum absolute atomic E-state index is 4.94. The zero-order valence-electron chi connectivity index (χ0n) is 31.8. The van der Waals surface area contributed by atoms with Crippen LogP contribution in [0.4, 0.5) is 0 Å². The molecule has 0 saturated carbocycles. The molecule has 4 aromatic rings. The van der Waals surface area contributed by atoms with Gasteiger partial charge in [-0.1, -0.05) is 83.1 Å². The van der Waals surface area contributed by atoms with Gasteiger partial charge in [-0.05, 0) is 25.7 Å². The van der Waals surface area contributed by atoms with Crippen LogP contribution in [0.1, 0.15) is 92.4 Å². The molecule has 6 rings (SSSR count). The maximum Gasteiger partial charge on any atom is 2.00 e. The van der Waals surface area contributed by atoms with Crippen LogP contribution in [0.2, 0.25) is 0 Å². The molecule has 0 unspecified atom stereocenters. The van der Waals surface area contributed by atoms with Crippen LogP contribution in [0.25, 0.3) is 0 Å². The number of aryl methyl sites for hydroxylation is 12. The van der Waals surface area contributed by atoms with Gasteiger partial charge in [-0.3, -0.25) is 0 Å². The van der Waals surface area contributed by atoms with Crippen molar-refractivity contribution in [1.82, 2.24) is 0 Å². The first-order valence-corrected chi connectivity index (χ1v) is 16.8. The van der Waals surface area contributed by atoms with E-state index in [1.807, 2.05) is 0 Å². The Hall–Kier alpha value is -2.16. The summed E-state index contributed by atoms with van der Waals surface area (Å²) in [5.41, 5.74) is 15.1. The molecule has 2 saturated heterocycles. The van der Waals surface area contributed by atoms with E-state index < -0.39 is 0 Å². The standard InChI is InChI=1S/4C9H11.2C4H8O.2Mn/c4*1-7-4-8(2)6-9(3)5-7;2*1-2-4-5-3-1;;/h4*4-5H,1-3H3;2*1-4H2;;/q4*-1;;;2*+2. The molecule has 2 nitrogen and oxygen atoms in total. The maximum atomic E-state index is 4.94. The molecule has 0 amide bonds. The van der Waals surface area contributed by atoms with E-state index in [0.29, 0.717) is 0 Å². The van der Waals surface area contributed by atoms with Crippen molar-refractivity contribution in [3.8, 4) is 0 Å². The van der Waals surface area contributed by atoms with Crippen LogP contribution >= 0.6 is 0 Å². The summed E-state index contributed by atoms with van der Waals surface area (Å²) in [6, 6.07) is 29.9. The molecule has 2 radical (unpaired) electrons. The molecule has 4 aromatic carbocycles. The van der Waals surface area contributed by atoms with E-state index in [1.54, 1.807) is 0 Å². The molecular formula is C44H60Mn2O2. The van der Waals surface area contributed by atoms with Crippen LogP contribution in [-0.4, -0.2) is 26.4 Å². The molecule has 2 fully saturated rings. The predicted octanol–water partition coefficient (Wildman–Crippen LogP) is 11.2. The van der Waals surface area contributed by atoms with E-state index in [9.17, 15) is 0 Å². The fourth-order valence-corrected chi connectivity index (χ4v) is 5.45. The van der Waals surface area contributed by atoms with Gasteiger partial charge in [-0.15, -0.1) is 0 Å². The summed E-state index contributed by atoms with van der Waals surface area (Å²) < 4.78 is 9.89. The van der Waals surface area contributed by atoms with Crippen LogP contribution in [0.15, 0.2) is 48.5 Å². The molecule has 2 aliphatic heterocycles. The zero-order valence-corrected chi connectivity index (χ0v) is 34.2. The third kappa shape index (κ3) is 25.8. The van der Waals surface area contributed by atoms with E-state index >= 15 is 0 Å². The Morgan fingerprint density at radius 2 is 0.458 bits per heavy atom. The molecule has 4 heteroatoms. The van der Waals surface area contributed by atoms with Crippen molar-refractivity contribution in [3.05, 3.63) is 140 Å². The number of hydrogen-bond acceptors (Lipinski definition) is 2. The van der Waals surface area contributed by atoms with Crippen LogP contribution in [-0.2, 0) is 43.6 Å². The third-order valence-corrected chi connectivity index (χ3v) is 6.79. The Morgan fingerprint density at radius 1 is 0.312 bits per heavy atom. The van der Waals surface area contributed by atoms with Gasteiger partial charge in [0, 0.05) is 26.4 Å². The number of benzene rings is 4. The summed E-state index contributed by atoms with van der Waals surface area (Å²) in [4.78, 5) is 0. The minimum absolute atomic E-state index is 0. The van der Waals surface area contributed by atoms with Crippen molar-refractivity contribution in [2.45, 2.75) is 109 Å². The SMILES string of the molecule is C1CCOC1.C1CCOC1.Cc1[c-]c(C)cc(C)c1.Cc1[c-]c(C)cc(C)c1.Cc1[c-]c(C)cc(C)c1.Cc1[c-]c(C)cc(C)c1.[Mn+2].[Mn+2]. The van der Waals surface area contributed by atoms with Crippen molar-refractivity contribution in [2.75, 3.05) is 26.4 Å². The van der Waals surface area contributed by atoms with E-state index in [2.05, 4.69) is 156 Å². The average molecular weight is 731 g/mol.